The first-order valence-corrected chi connectivity index (χ1v) is 3.62. The Balaban J connectivity index is -0.000000245. The van der Waals surface area contributed by atoms with Gasteiger partial charge in [-0.3, -0.25) is 4.55 Å². The smallest absolute Gasteiger partial charge is 1.00 e. The fourth-order valence-corrected chi connectivity index (χ4v) is 0.447. The molecule has 0 aliphatic rings. The van der Waals surface area contributed by atoms with E-state index in [-0.39, 0.29) is 31.0 Å². The van der Waals surface area contributed by atoms with E-state index >= 15 is 0 Å². The van der Waals surface area contributed by atoms with Crippen LogP contribution in [0.25, 0.3) is 0 Å². The van der Waals surface area contributed by atoms with Crippen LogP contribution in [0.2, 0.25) is 0 Å². The molecule has 0 radical (unpaired) electrons. The van der Waals surface area contributed by atoms with Gasteiger partial charge in [0.2, 0.25) is 0 Å². The Morgan fingerprint density at radius 1 is 1.67 bits per heavy atom. The fourth-order valence-electron chi connectivity index (χ4n) is 0.149. The van der Waals surface area contributed by atoms with Crippen molar-refractivity contribution in [2.45, 2.75) is 12.3 Å². The Labute approximate surface area is 78.5 Å². The van der Waals surface area contributed by atoms with Crippen molar-refractivity contribution in [2.75, 3.05) is 7.05 Å². The summed E-state index contributed by atoms with van der Waals surface area (Å²) >= 11 is 0. The minimum absolute atomic E-state index is 0. The zero-order chi connectivity index (χ0) is 6.78. The molecular formula is C3H10NNaO3S. The zero-order valence-corrected chi connectivity index (χ0v) is 8.57. The van der Waals surface area contributed by atoms with Crippen LogP contribution in [-0.2, 0) is 10.1 Å². The van der Waals surface area contributed by atoms with Crippen molar-refractivity contribution in [2.24, 2.45) is 0 Å². The molecule has 1 atom stereocenters. The molecule has 0 fully saturated rings. The van der Waals surface area contributed by atoms with Gasteiger partial charge in [0.05, 0.1) is 0 Å². The molecule has 0 aromatic heterocycles. The van der Waals surface area contributed by atoms with Gasteiger partial charge in [-0.1, -0.05) is 0 Å². The quantitative estimate of drug-likeness (QED) is 0.328. The molecule has 0 saturated carbocycles. The third-order valence-electron chi connectivity index (χ3n) is 0.853. The Morgan fingerprint density at radius 2 is 2.00 bits per heavy atom. The van der Waals surface area contributed by atoms with Crippen LogP contribution in [0.4, 0.5) is 0 Å². The molecule has 0 rings (SSSR count). The molecule has 6 heteroatoms. The van der Waals surface area contributed by atoms with Crippen LogP contribution < -0.4 is 34.9 Å². The van der Waals surface area contributed by atoms with Crippen molar-refractivity contribution in [3.05, 3.63) is 0 Å². The van der Waals surface area contributed by atoms with Crippen LogP contribution in [0.15, 0.2) is 0 Å². The molecule has 0 amide bonds. The molecule has 0 saturated heterocycles. The van der Waals surface area contributed by atoms with Crippen LogP contribution in [0.3, 0.4) is 0 Å². The van der Waals surface area contributed by atoms with E-state index in [4.69, 9.17) is 4.55 Å². The van der Waals surface area contributed by atoms with Crippen LogP contribution in [0, 0.1) is 0 Å². The summed E-state index contributed by atoms with van der Waals surface area (Å²) in [6.45, 7) is 1.36. The summed E-state index contributed by atoms with van der Waals surface area (Å²) in [5.74, 6) is 0. The van der Waals surface area contributed by atoms with Crippen molar-refractivity contribution in [1.29, 1.82) is 0 Å². The summed E-state index contributed by atoms with van der Waals surface area (Å²) in [5, 5.41) is 1.49. The van der Waals surface area contributed by atoms with Crippen LogP contribution in [-0.4, -0.2) is 25.4 Å². The van der Waals surface area contributed by atoms with Crippen molar-refractivity contribution in [3.63, 3.8) is 0 Å². The molecular weight excluding hydrogens is 153 g/mol. The average molecular weight is 163 g/mol. The monoisotopic (exact) mass is 163 g/mol. The fraction of sp³-hybridized carbons (Fsp3) is 1.00. The van der Waals surface area contributed by atoms with Gasteiger partial charge in [0.15, 0.2) is 0 Å². The van der Waals surface area contributed by atoms with Crippen molar-refractivity contribution >= 4 is 10.1 Å². The van der Waals surface area contributed by atoms with E-state index in [1.54, 1.807) is 0 Å². The summed E-state index contributed by atoms with van der Waals surface area (Å²) in [7, 11) is -2.41. The number of hydrogen-bond donors (Lipinski definition) is 2. The minimum Gasteiger partial charge on any atom is -1.00 e. The minimum atomic E-state index is -3.86. The standard InChI is InChI=1S/C3H9NO3S.Na.H/c1-3(4-2)8(5,6)7;;/h3-4H,1-2H3,(H,5,6,7);;/q;+1;-1. The molecule has 0 aromatic rings. The number of rotatable bonds is 2. The van der Waals surface area contributed by atoms with Crippen LogP contribution in [0.5, 0.6) is 0 Å². The second-order valence-electron chi connectivity index (χ2n) is 1.45. The van der Waals surface area contributed by atoms with E-state index in [1.165, 1.54) is 14.0 Å². The van der Waals surface area contributed by atoms with E-state index < -0.39 is 15.5 Å². The van der Waals surface area contributed by atoms with E-state index in [9.17, 15) is 8.42 Å². The molecule has 0 spiro atoms. The second-order valence-corrected chi connectivity index (χ2v) is 3.18. The van der Waals surface area contributed by atoms with Gasteiger partial charge < -0.3 is 6.74 Å². The SMILES string of the molecule is CNC(C)S(=O)(=O)O.[H-].[Na+]. The van der Waals surface area contributed by atoms with Crippen molar-refractivity contribution in [1.82, 2.24) is 5.32 Å². The maximum absolute atomic E-state index is 10.1. The number of nitrogens with one attached hydrogen (secondary N) is 1. The van der Waals surface area contributed by atoms with Gasteiger partial charge >= 0.3 is 29.6 Å². The van der Waals surface area contributed by atoms with Crippen molar-refractivity contribution < 1.29 is 44.0 Å². The first-order chi connectivity index (χ1) is 3.48. The largest absolute Gasteiger partial charge is 1.00 e. The maximum Gasteiger partial charge on any atom is 1.00 e. The Bertz CT molecular complexity index is 159. The van der Waals surface area contributed by atoms with Gasteiger partial charge in [0, 0.05) is 0 Å². The zero-order valence-electron chi connectivity index (χ0n) is 6.75. The Kier molecular flexibility index (Phi) is 6.48. The molecule has 4 nitrogen and oxygen atoms in total. The van der Waals surface area contributed by atoms with Gasteiger partial charge in [0.1, 0.15) is 5.37 Å². The van der Waals surface area contributed by atoms with E-state index in [0.29, 0.717) is 0 Å². The van der Waals surface area contributed by atoms with E-state index in [1.807, 2.05) is 0 Å². The van der Waals surface area contributed by atoms with Gasteiger partial charge in [-0.05, 0) is 14.0 Å². The van der Waals surface area contributed by atoms with Gasteiger partial charge in [-0.2, -0.15) is 8.42 Å². The second kappa shape index (κ2) is 4.65. The summed E-state index contributed by atoms with van der Waals surface area (Å²) in [6, 6.07) is 0. The van der Waals surface area contributed by atoms with Gasteiger partial charge in [-0.15, -0.1) is 0 Å². The maximum atomic E-state index is 10.1. The summed E-state index contributed by atoms with van der Waals surface area (Å²) in [6.07, 6.45) is 0. The topological polar surface area (TPSA) is 66.4 Å². The third-order valence-corrected chi connectivity index (χ3v) is 1.98. The Hall–Kier alpha value is 0.870. The molecule has 0 aromatic carbocycles. The molecule has 0 aliphatic heterocycles. The number of hydrogen-bond acceptors (Lipinski definition) is 3. The molecule has 1 unspecified atom stereocenters. The van der Waals surface area contributed by atoms with Crippen LogP contribution in [0.1, 0.15) is 8.35 Å². The van der Waals surface area contributed by atoms with Gasteiger partial charge in [-0.25, -0.2) is 0 Å². The van der Waals surface area contributed by atoms with E-state index in [0.717, 1.165) is 0 Å². The molecule has 0 heterocycles. The molecule has 0 bridgehead atoms. The Morgan fingerprint density at radius 3 is 2.00 bits per heavy atom. The normalized spacial score (nSPS) is 14.1. The molecule has 9 heavy (non-hydrogen) atoms. The first kappa shape index (κ1) is 12.5. The van der Waals surface area contributed by atoms with Gasteiger partial charge in [0.25, 0.3) is 10.1 Å². The average Bonchev–Trinajstić information content (AvgIpc) is 1.62. The predicted molar refractivity (Wildman–Crippen MR) is 31.2 cm³/mol. The van der Waals surface area contributed by atoms with Crippen molar-refractivity contribution in [3.8, 4) is 0 Å². The predicted octanol–water partition coefficient (Wildman–Crippen LogP) is -3.44. The van der Waals surface area contributed by atoms with E-state index in [2.05, 4.69) is 5.32 Å². The molecule has 0 aliphatic carbocycles. The van der Waals surface area contributed by atoms with Crippen LogP contribution >= 0.6 is 0 Å². The first-order valence-electron chi connectivity index (χ1n) is 2.12. The molecule has 2 N–H and O–H groups in total. The molecule has 52 valence electrons. The third kappa shape index (κ3) is 5.32. The summed E-state index contributed by atoms with van der Waals surface area (Å²) in [4.78, 5) is 0. The summed E-state index contributed by atoms with van der Waals surface area (Å²) in [5.41, 5.74) is 0. The summed E-state index contributed by atoms with van der Waals surface area (Å²) < 4.78 is 28.3.